The standard InChI is InChI=1S/C61H86N8O19S2/c1-8-57(84,9-2)27-33-28-60(55(82)87-7,47-35(16-19-62-29-33)34-14-11-12-15-38(34)63-47)37-25-36-40(26-42(37)86-6)68(5)52-59(36)18-21-69-20-13-17-58(10-3,51(59)69)53(80)61(52,85)54(81)66-67-56(83)88-22-23-89-90-31-39(50(78)79)64-49(77)44(46(75)45(74)41(71)30-70)65-48(76)32(4)24-43(72)73/h11-15,17,25-26,32-33,39,41,44-46,51-53,62-63,70-71,74-75,80,84-85H,8-10,16,18-24,27-31H2,1-7H3,(H,64,77)(H,65,76)(H,66,81)(H,67,83)(H,72,73)(H,78,79)/t32-,33+,39-,41+,44-,45+,46+,51-,52+,53+,58+,59+,60-,61-/m0/s1. The van der Waals surface area contributed by atoms with Crippen molar-refractivity contribution in [3.63, 3.8) is 0 Å². The molecule has 496 valence electrons. The van der Waals surface area contributed by atoms with Gasteiger partial charge in [-0.05, 0) is 93.8 Å². The zero-order valence-corrected chi connectivity index (χ0v) is 53.2. The molecule has 1 spiro atoms. The molecule has 90 heavy (non-hydrogen) atoms. The molecule has 5 heterocycles. The molecule has 1 saturated carbocycles. The minimum Gasteiger partial charge on any atom is -0.496 e. The van der Waals surface area contributed by atoms with Gasteiger partial charge in [0.2, 0.25) is 11.8 Å². The van der Waals surface area contributed by atoms with Crippen molar-refractivity contribution in [1.29, 1.82) is 0 Å². The number of hydrazine groups is 1. The van der Waals surface area contributed by atoms with Gasteiger partial charge in [0.05, 0.1) is 38.9 Å². The number of nitrogens with one attached hydrogen (secondary N) is 6. The van der Waals surface area contributed by atoms with Crippen LogP contribution in [0.3, 0.4) is 0 Å². The van der Waals surface area contributed by atoms with Gasteiger partial charge in [0, 0.05) is 81.8 Å². The van der Waals surface area contributed by atoms with Gasteiger partial charge in [-0.3, -0.25) is 34.3 Å². The third-order valence-electron chi connectivity index (χ3n) is 19.5. The molecule has 2 aromatic carbocycles. The number of hydrogen-bond donors (Lipinski definition) is 15. The van der Waals surface area contributed by atoms with Gasteiger partial charge in [0.15, 0.2) is 5.60 Å². The number of aliphatic hydroxyl groups excluding tert-OH is 5. The van der Waals surface area contributed by atoms with E-state index in [0.717, 1.165) is 38.1 Å². The molecule has 4 aliphatic heterocycles. The van der Waals surface area contributed by atoms with Gasteiger partial charge in [-0.25, -0.2) is 15.0 Å². The van der Waals surface area contributed by atoms with E-state index in [4.69, 9.17) is 19.3 Å². The number of amides is 4. The van der Waals surface area contributed by atoms with Crippen molar-refractivity contribution < 1.29 is 93.7 Å². The first-order valence-corrected chi connectivity index (χ1v) is 32.8. The number of aliphatic hydroxyl groups is 7. The number of ether oxygens (including phenoxy) is 3. The zero-order valence-electron chi connectivity index (χ0n) is 51.5. The summed E-state index contributed by atoms with van der Waals surface area (Å²) in [6.45, 7) is 7.64. The third kappa shape index (κ3) is 12.6. The van der Waals surface area contributed by atoms with Crippen molar-refractivity contribution in [2.45, 2.75) is 150 Å². The highest BCUT2D eigenvalue weighted by atomic mass is 33.1. The summed E-state index contributed by atoms with van der Waals surface area (Å²) < 4.78 is 17.7. The molecule has 0 radical (unpaired) electrons. The zero-order chi connectivity index (χ0) is 65.8. The number of fused-ring (bicyclic) bond motifs is 4. The number of aromatic amines is 1. The number of aromatic nitrogens is 1. The van der Waals surface area contributed by atoms with Gasteiger partial charge in [-0.2, -0.15) is 0 Å². The lowest BCUT2D eigenvalue weighted by Gasteiger charge is -2.63. The molecule has 1 aliphatic carbocycles. The number of likely N-dealkylation sites (N-methyl/N-ethyl adjacent to an activating group) is 1. The molecular weight excluding hydrogens is 1210 g/mol. The van der Waals surface area contributed by atoms with E-state index in [1.165, 1.54) is 21.1 Å². The third-order valence-corrected chi connectivity index (χ3v) is 21.9. The molecule has 0 unspecified atom stereocenters. The van der Waals surface area contributed by atoms with Crippen molar-refractivity contribution in [2.24, 2.45) is 17.3 Å². The molecule has 0 bridgehead atoms. The number of carboxylic acids is 2. The predicted octanol–water partition coefficient (Wildman–Crippen LogP) is 0.310. The lowest BCUT2D eigenvalue weighted by atomic mass is 9.47. The van der Waals surface area contributed by atoms with Crippen LogP contribution in [0.2, 0.25) is 0 Å². The minimum atomic E-state index is -2.69. The molecule has 14 atom stereocenters. The number of carbonyl (C=O) groups excluding carboxylic acids is 5. The summed E-state index contributed by atoms with van der Waals surface area (Å²) in [4.78, 5) is 101. The number of hydrogen-bond acceptors (Lipinski definition) is 22. The normalized spacial score (nSPS) is 27.3. The smallest absolute Gasteiger partial charge is 0.426 e. The average molecular weight is 1300 g/mol. The molecule has 29 heteroatoms. The Bertz CT molecular complexity index is 3190. The Labute approximate surface area is 528 Å². The first-order chi connectivity index (χ1) is 42.7. The van der Waals surface area contributed by atoms with Crippen LogP contribution in [0, 0.1) is 17.3 Å². The van der Waals surface area contributed by atoms with Crippen LogP contribution in [0.15, 0.2) is 48.6 Å². The molecule has 3 aromatic rings. The summed E-state index contributed by atoms with van der Waals surface area (Å²) in [5.74, 6) is -8.61. The summed E-state index contributed by atoms with van der Waals surface area (Å²) in [6, 6.07) is 6.11. The minimum absolute atomic E-state index is 0.0114. The summed E-state index contributed by atoms with van der Waals surface area (Å²) in [5, 5.41) is 107. The van der Waals surface area contributed by atoms with Crippen molar-refractivity contribution >= 4 is 79.9 Å². The second-order valence-electron chi connectivity index (χ2n) is 24.4. The van der Waals surface area contributed by atoms with Crippen molar-refractivity contribution in [3.05, 3.63) is 70.9 Å². The van der Waals surface area contributed by atoms with Crippen LogP contribution in [-0.4, -0.2) is 230 Å². The maximum atomic E-state index is 15.6. The van der Waals surface area contributed by atoms with Crippen LogP contribution in [0.5, 0.6) is 5.75 Å². The first-order valence-electron chi connectivity index (χ1n) is 30.3. The van der Waals surface area contributed by atoms with Gasteiger partial charge < -0.3 is 86.0 Å². The lowest BCUT2D eigenvalue weighted by molar-refractivity contribution is -0.204. The number of H-pyrrole nitrogens is 1. The molecule has 5 aliphatic rings. The van der Waals surface area contributed by atoms with Crippen LogP contribution in [-0.2, 0) is 55.5 Å². The largest absolute Gasteiger partial charge is 0.496 e. The lowest BCUT2D eigenvalue weighted by Crippen LogP contribution is -2.82. The number of aliphatic carboxylic acids is 2. The van der Waals surface area contributed by atoms with Crippen molar-refractivity contribution in [2.75, 3.05) is 77.1 Å². The van der Waals surface area contributed by atoms with E-state index in [1.807, 2.05) is 69.3 Å². The van der Waals surface area contributed by atoms with E-state index in [-0.39, 0.29) is 36.9 Å². The monoisotopic (exact) mass is 1300 g/mol. The molecule has 4 amide bonds. The number of carbonyl (C=O) groups is 7. The van der Waals surface area contributed by atoms with Gasteiger partial charge in [0.1, 0.15) is 54.3 Å². The first kappa shape index (κ1) is 69.6. The predicted molar refractivity (Wildman–Crippen MR) is 331 cm³/mol. The number of carboxylic acid groups (broad SMARTS) is 2. The molecule has 1 saturated heterocycles. The molecular formula is C61H86N8O19S2. The fraction of sp³-hybridized carbons (Fsp3) is 0.623. The van der Waals surface area contributed by atoms with Crippen LogP contribution < -0.4 is 36.4 Å². The number of esters is 1. The summed E-state index contributed by atoms with van der Waals surface area (Å²) >= 11 is 0. The summed E-state index contributed by atoms with van der Waals surface area (Å²) in [6.07, 6.45) is -3.66. The number of nitrogens with zero attached hydrogens (tertiary/aromatic N) is 2. The second kappa shape index (κ2) is 28.3. The second-order valence-corrected chi connectivity index (χ2v) is 27.0. The summed E-state index contributed by atoms with van der Waals surface area (Å²) in [5.41, 5.74) is 0.861. The van der Waals surface area contributed by atoms with Crippen LogP contribution >= 0.6 is 21.6 Å². The van der Waals surface area contributed by atoms with E-state index in [9.17, 15) is 64.8 Å². The number of anilines is 1. The highest BCUT2D eigenvalue weighted by Crippen LogP contribution is 2.67. The quantitative estimate of drug-likeness (QED) is 0.0169. The number of para-hydroxylation sites is 1. The number of methoxy groups -OCH3 is 2. The maximum Gasteiger partial charge on any atom is 0.426 e. The number of benzene rings is 2. The molecule has 8 rings (SSSR count). The molecule has 1 aromatic heterocycles. The molecule has 27 nitrogen and oxygen atoms in total. The Kier molecular flexibility index (Phi) is 21.9. The Morgan fingerprint density at radius 3 is 2.31 bits per heavy atom. The SMILES string of the molecule is CCC(O)(CC)C[C@H]1CNCCc2c([nH]c3ccccc23)[C@@](C(=O)OC)(c2cc3c(cc2OC)N(C)[C@H]2[C@@](O)(C(=O)NNC(=O)OCCSSC[C@H](NC(=O)[C@@H](NC(=O)[C@@H](C)CC(=O)O)[C@@H](O)[C@H](O)[C@H](O)CO)C(=O)O)[C@H](O)[C@]4(CC)C=CCN5CC[C@]32[C@@H]54)C1. The van der Waals surface area contributed by atoms with Crippen LogP contribution in [0.4, 0.5) is 10.5 Å². The Hall–Kier alpha value is -6.25. The van der Waals surface area contributed by atoms with Crippen LogP contribution in [0.25, 0.3) is 10.9 Å². The van der Waals surface area contributed by atoms with Crippen molar-refractivity contribution in [1.82, 2.24) is 36.7 Å². The Morgan fingerprint density at radius 2 is 1.66 bits per heavy atom. The average Bonchev–Trinajstić information content (AvgIpc) is 1.45. The van der Waals surface area contributed by atoms with Crippen molar-refractivity contribution in [3.8, 4) is 5.75 Å². The summed E-state index contributed by atoms with van der Waals surface area (Å²) in [7, 11) is 6.50. The van der Waals surface area contributed by atoms with Gasteiger partial charge in [-0.15, -0.1) is 0 Å². The fourth-order valence-electron chi connectivity index (χ4n) is 15.0. The topological polar surface area (TPSA) is 412 Å². The Balaban J connectivity index is 1.05. The van der Waals surface area contributed by atoms with Gasteiger partial charge in [0.25, 0.3) is 5.91 Å². The molecule has 15 N–H and O–H groups in total. The van der Waals surface area contributed by atoms with E-state index in [1.54, 1.807) is 11.9 Å². The highest BCUT2D eigenvalue weighted by Gasteiger charge is 2.79. The Morgan fingerprint density at radius 1 is 0.933 bits per heavy atom. The van der Waals surface area contributed by atoms with E-state index >= 15 is 9.59 Å². The molecule has 2 fully saturated rings. The van der Waals surface area contributed by atoms with Gasteiger partial charge in [-0.1, -0.05) is 79.6 Å². The fourth-order valence-corrected chi connectivity index (χ4v) is 17.0. The van der Waals surface area contributed by atoms with E-state index < -0.39 is 137 Å². The maximum absolute atomic E-state index is 15.6. The van der Waals surface area contributed by atoms with E-state index in [2.05, 4.69) is 36.7 Å². The van der Waals surface area contributed by atoms with Gasteiger partial charge >= 0.3 is 24.0 Å². The number of rotatable bonds is 26. The van der Waals surface area contributed by atoms with E-state index in [0.29, 0.717) is 86.5 Å². The highest BCUT2D eigenvalue weighted by molar-refractivity contribution is 8.76. The van der Waals surface area contributed by atoms with Crippen LogP contribution in [0.1, 0.15) is 95.0 Å².